The number of ether oxygens (including phenoxy) is 1. The van der Waals surface area contributed by atoms with Crippen LogP contribution in [0.3, 0.4) is 0 Å². The zero-order valence-corrected chi connectivity index (χ0v) is 9.89. The van der Waals surface area contributed by atoms with Crippen LogP contribution in [0.5, 0.6) is 0 Å². The number of carbonyl (C=O) groups is 1. The van der Waals surface area contributed by atoms with Gasteiger partial charge in [-0.05, 0) is 19.9 Å². The summed E-state index contributed by atoms with van der Waals surface area (Å²) in [5.41, 5.74) is 5.70. The summed E-state index contributed by atoms with van der Waals surface area (Å²) in [6, 6.07) is 0.291. The predicted octanol–water partition coefficient (Wildman–Crippen LogP) is -0.733. The number of carbonyl (C=O) groups excluding carboxylic acids is 1. The minimum absolute atomic E-state index is 0.197. The molecule has 1 amide bonds. The van der Waals surface area contributed by atoms with Gasteiger partial charge in [-0.2, -0.15) is 0 Å². The minimum atomic E-state index is 0.197. The summed E-state index contributed by atoms with van der Waals surface area (Å²) in [5.74, 6) is 0.197. The average molecular weight is 227 g/mol. The third-order valence-corrected chi connectivity index (χ3v) is 3.51. The second-order valence-electron chi connectivity index (χ2n) is 4.74. The van der Waals surface area contributed by atoms with Crippen LogP contribution in [0.25, 0.3) is 0 Å². The van der Waals surface area contributed by atoms with Crippen molar-refractivity contribution in [3.63, 3.8) is 0 Å². The van der Waals surface area contributed by atoms with Gasteiger partial charge in [-0.15, -0.1) is 0 Å². The van der Waals surface area contributed by atoms with Gasteiger partial charge in [0.05, 0.1) is 12.6 Å². The van der Waals surface area contributed by atoms with Crippen LogP contribution < -0.4 is 5.73 Å². The lowest BCUT2D eigenvalue weighted by Crippen LogP contribution is -2.58. The number of likely N-dealkylation sites (N-methyl/N-ethyl adjacent to an activating group) is 1. The van der Waals surface area contributed by atoms with Crippen molar-refractivity contribution in [3.05, 3.63) is 0 Å². The van der Waals surface area contributed by atoms with Gasteiger partial charge in [0.2, 0.25) is 5.91 Å². The first-order valence-corrected chi connectivity index (χ1v) is 6.00. The highest BCUT2D eigenvalue weighted by atomic mass is 16.5. The third-order valence-electron chi connectivity index (χ3n) is 3.51. The van der Waals surface area contributed by atoms with Crippen molar-refractivity contribution in [1.82, 2.24) is 9.80 Å². The topological polar surface area (TPSA) is 58.8 Å². The molecule has 2 heterocycles. The van der Waals surface area contributed by atoms with Crippen LogP contribution in [0.15, 0.2) is 0 Å². The molecule has 0 bridgehead atoms. The molecule has 16 heavy (non-hydrogen) atoms. The van der Waals surface area contributed by atoms with E-state index in [2.05, 4.69) is 0 Å². The number of hydrogen-bond donors (Lipinski definition) is 1. The summed E-state index contributed by atoms with van der Waals surface area (Å²) < 4.78 is 5.56. The Kier molecular flexibility index (Phi) is 3.78. The van der Waals surface area contributed by atoms with Gasteiger partial charge in [0.1, 0.15) is 0 Å². The third kappa shape index (κ3) is 2.53. The molecule has 0 aromatic heterocycles. The van der Waals surface area contributed by atoms with E-state index in [9.17, 15) is 4.79 Å². The van der Waals surface area contributed by atoms with E-state index in [1.807, 2.05) is 16.8 Å². The lowest BCUT2D eigenvalue weighted by atomic mass is 10.1. The van der Waals surface area contributed by atoms with Crippen molar-refractivity contribution in [2.75, 3.05) is 39.8 Å². The highest BCUT2D eigenvalue weighted by Crippen LogP contribution is 2.16. The van der Waals surface area contributed by atoms with Crippen LogP contribution in [0.2, 0.25) is 0 Å². The van der Waals surface area contributed by atoms with Gasteiger partial charge in [0.15, 0.2) is 0 Å². The molecule has 2 N–H and O–H groups in total. The van der Waals surface area contributed by atoms with Crippen molar-refractivity contribution >= 4 is 5.91 Å². The van der Waals surface area contributed by atoms with Gasteiger partial charge < -0.3 is 15.4 Å². The molecule has 2 aliphatic rings. The Morgan fingerprint density at radius 3 is 3.00 bits per heavy atom. The molecule has 2 aliphatic heterocycles. The first-order chi connectivity index (χ1) is 7.70. The molecule has 2 unspecified atom stereocenters. The number of rotatable bonds is 3. The van der Waals surface area contributed by atoms with E-state index in [4.69, 9.17) is 10.5 Å². The Bertz CT molecular complexity index is 252. The minimum Gasteiger partial charge on any atom is -0.376 e. The number of amides is 1. The highest BCUT2D eigenvalue weighted by Gasteiger charge is 2.31. The summed E-state index contributed by atoms with van der Waals surface area (Å²) in [4.78, 5) is 15.8. The average Bonchev–Trinajstić information content (AvgIpc) is 2.75. The van der Waals surface area contributed by atoms with Gasteiger partial charge in [-0.3, -0.25) is 9.69 Å². The molecule has 5 heteroatoms. The molecule has 2 fully saturated rings. The number of hydrogen-bond acceptors (Lipinski definition) is 4. The van der Waals surface area contributed by atoms with E-state index in [0.717, 1.165) is 32.5 Å². The van der Waals surface area contributed by atoms with E-state index < -0.39 is 0 Å². The van der Waals surface area contributed by atoms with Gasteiger partial charge in [0.25, 0.3) is 0 Å². The van der Waals surface area contributed by atoms with Crippen molar-refractivity contribution in [2.24, 2.45) is 5.73 Å². The van der Waals surface area contributed by atoms with Crippen LogP contribution in [0.1, 0.15) is 12.8 Å². The lowest BCUT2D eigenvalue weighted by molar-refractivity contribution is -0.139. The molecule has 0 aromatic rings. The van der Waals surface area contributed by atoms with Gasteiger partial charge in [-0.25, -0.2) is 0 Å². The summed E-state index contributed by atoms with van der Waals surface area (Å²) in [7, 11) is 1.96. The van der Waals surface area contributed by atoms with Crippen molar-refractivity contribution in [1.29, 1.82) is 0 Å². The molecule has 0 spiro atoms. The quantitative estimate of drug-likeness (QED) is 0.690. The van der Waals surface area contributed by atoms with Crippen molar-refractivity contribution in [2.45, 2.75) is 25.0 Å². The van der Waals surface area contributed by atoms with E-state index in [0.29, 0.717) is 19.1 Å². The lowest BCUT2D eigenvalue weighted by Gasteiger charge is -2.39. The second kappa shape index (κ2) is 5.12. The summed E-state index contributed by atoms with van der Waals surface area (Å²) >= 11 is 0. The first kappa shape index (κ1) is 11.8. The molecule has 0 radical (unpaired) electrons. The fourth-order valence-electron chi connectivity index (χ4n) is 2.40. The Balaban J connectivity index is 1.89. The summed E-state index contributed by atoms with van der Waals surface area (Å²) in [5, 5.41) is 0. The molecular weight excluding hydrogens is 206 g/mol. The molecule has 2 rings (SSSR count). The van der Waals surface area contributed by atoms with Gasteiger partial charge in [-0.1, -0.05) is 0 Å². The van der Waals surface area contributed by atoms with Gasteiger partial charge >= 0.3 is 0 Å². The number of nitrogens with two attached hydrogens (primary N) is 1. The smallest absolute Gasteiger partial charge is 0.236 e. The largest absolute Gasteiger partial charge is 0.376 e. The Labute approximate surface area is 96.5 Å². The fraction of sp³-hybridized carbons (Fsp3) is 0.909. The molecule has 2 atom stereocenters. The SMILES string of the molecule is CN1CC(=O)N(CC2CCCO2)CC1CN. The maximum absolute atomic E-state index is 11.8. The zero-order valence-electron chi connectivity index (χ0n) is 9.89. The highest BCUT2D eigenvalue weighted by molar-refractivity contribution is 5.79. The molecular formula is C11H21N3O2. The summed E-state index contributed by atoms with van der Waals surface area (Å²) in [6.45, 7) is 3.40. The maximum atomic E-state index is 11.8. The Morgan fingerprint density at radius 1 is 1.56 bits per heavy atom. The van der Waals surface area contributed by atoms with Crippen LogP contribution in [-0.4, -0.2) is 67.7 Å². The van der Waals surface area contributed by atoms with E-state index in [-0.39, 0.29) is 12.0 Å². The van der Waals surface area contributed by atoms with Crippen LogP contribution in [0, 0.1) is 0 Å². The molecule has 5 nitrogen and oxygen atoms in total. The van der Waals surface area contributed by atoms with Crippen molar-refractivity contribution < 1.29 is 9.53 Å². The van der Waals surface area contributed by atoms with E-state index >= 15 is 0 Å². The standard InChI is InChI=1S/C11H21N3O2/c1-13-8-11(15)14(6-9(13)5-12)7-10-3-2-4-16-10/h9-10H,2-8,12H2,1H3. The fourth-order valence-corrected chi connectivity index (χ4v) is 2.40. The van der Waals surface area contributed by atoms with E-state index in [1.165, 1.54) is 0 Å². The first-order valence-electron chi connectivity index (χ1n) is 6.00. The van der Waals surface area contributed by atoms with Crippen molar-refractivity contribution in [3.8, 4) is 0 Å². The number of piperazine rings is 1. The van der Waals surface area contributed by atoms with Crippen LogP contribution >= 0.6 is 0 Å². The van der Waals surface area contributed by atoms with Crippen LogP contribution in [0.4, 0.5) is 0 Å². The van der Waals surface area contributed by atoms with Gasteiger partial charge in [0, 0.05) is 32.3 Å². The zero-order chi connectivity index (χ0) is 11.5. The molecule has 92 valence electrons. The summed E-state index contributed by atoms with van der Waals surface area (Å²) in [6.07, 6.45) is 2.44. The normalized spacial score (nSPS) is 32.4. The molecule has 0 saturated carbocycles. The number of nitrogens with zero attached hydrogens (tertiary/aromatic N) is 2. The van der Waals surface area contributed by atoms with E-state index in [1.54, 1.807) is 0 Å². The maximum Gasteiger partial charge on any atom is 0.236 e. The Morgan fingerprint density at radius 2 is 2.38 bits per heavy atom. The Hall–Kier alpha value is -0.650. The van der Waals surface area contributed by atoms with Crippen LogP contribution in [-0.2, 0) is 9.53 Å². The molecule has 0 aliphatic carbocycles. The molecule has 0 aromatic carbocycles. The predicted molar refractivity (Wildman–Crippen MR) is 61.0 cm³/mol. The monoisotopic (exact) mass is 227 g/mol. The molecule has 2 saturated heterocycles. The second-order valence-corrected chi connectivity index (χ2v) is 4.74.